The van der Waals surface area contributed by atoms with Gasteiger partial charge in [0.2, 0.25) is 0 Å². The van der Waals surface area contributed by atoms with Gasteiger partial charge in [-0.2, -0.15) is 0 Å². The van der Waals surface area contributed by atoms with Crippen molar-refractivity contribution in [3.63, 3.8) is 0 Å². The number of rotatable bonds is 3. The Morgan fingerprint density at radius 3 is 3.18 bits per heavy atom. The topological polar surface area (TPSA) is 35.2 Å². The van der Waals surface area contributed by atoms with Crippen molar-refractivity contribution in [3.05, 3.63) is 29.3 Å². The molecule has 0 spiro atoms. The molecule has 0 radical (unpaired) electrons. The summed E-state index contributed by atoms with van der Waals surface area (Å²) in [6.07, 6.45) is 4.20. The number of ether oxygens (including phenoxy) is 1. The van der Waals surface area contributed by atoms with E-state index in [0.29, 0.717) is 6.61 Å². The lowest BCUT2D eigenvalue weighted by Crippen LogP contribution is -2.17. The summed E-state index contributed by atoms with van der Waals surface area (Å²) in [6.45, 7) is 2.49. The van der Waals surface area contributed by atoms with Gasteiger partial charge < -0.3 is 10.5 Å². The van der Waals surface area contributed by atoms with E-state index < -0.39 is 0 Å². The molecule has 1 atom stereocenters. The fourth-order valence-corrected chi connectivity index (χ4v) is 2.25. The lowest BCUT2D eigenvalue weighted by molar-refractivity contribution is 0.326. The summed E-state index contributed by atoms with van der Waals surface area (Å²) >= 11 is 0. The van der Waals surface area contributed by atoms with Crippen molar-refractivity contribution in [1.82, 2.24) is 0 Å². The molecule has 2 rings (SSSR count). The van der Waals surface area contributed by atoms with E-state index in [2.05, 4.69) is 24.0 Å². The third kappa shape index (κ3) is 3.01. The Hall–Kier alpha value is -1.46. The minimum atomic E-state index is 0.178. The first-order chi connectivity index (χ1) is 8.31. The Morgan fingerprint density at radius 2 is 2.35 bits per heavy atom. The Balaban J connectivity index is 2.03. The average molecular weight is 229 g/mol. The molecular weight excluding hydrogens is 210 g/mol. The molecule has 0 heterocycles. The summed E-state index contributed by atoms with van der Waals surface area (Å²) in [4.78, 5) is 0. The van der Waals surface area contributed by atoms with Crippen LogP contribution in [0.25, 0.3) is 0 Å². The van der Waals surface area contributed by atoms with Gasteiger partial charge in [0, 0.05) is 12.5 Å². The Morgan fingerprint density at radius 1 is 1.47 bits per heavy atom. The van der Waals surface area contributed by atoms with Gasteiger partial charge in [-0.1, -0.05) is 6.07 Å². The second-order valence-corrected chi connectivity index (χ2v) is 4.38. The fraction of sp³-hybridized carbons (Fsp3) is 0.467. The van der Waals surface area contributed by atoms with E-state index in [1.54, 1.807) is 0 Å². The van der Waals surface area contributed by atoms with E-state index in [4.69, 9.17) is 10.5 Å². The van der Waals surface area contributed by atoms with Crippen molar-refractivity contribution in [2.45, 2.75) is 38.6 Å². The van der Waals surface area contributed by atoms with Gasteiger partial charge in [-0.15, -0.1) is 11.8 Å². The van der Waals surface area contributed by atoms with Crippen LogP contribution in [0.15, 0.2) is 18.2 Å². The smallest absolute Gasteiger partial charge is 0.119 e. The normalized spacial score (nSPS) is 17.9. The number of hydrogen-bond donors (Lipinski definition) is 1. The summed E-state index contributed by atoms with van der Waals surface area (Å²) in [5, 5.41) is 0. The van der Waals surface area contributed by atoms with Gasteiger partial charge in [-0.3, -0.25) is 0 Å². The third-order valence-electron chi connectivity index (χ3n) is 3.15. The van der Waals surface area contributed by atoms with Crippen molar-refractivity contribution in [2.75, 3.05) is 6.61 Å². The van der Waals surface area contributed by atoms with E-state index in [1.165, 1.54) is 17.5 Å². The third-order valence-corrected chi connectivity index (χ3v) is 3.15. The molecule has 0 saturated heterocycles. The quantitative estimate of drug-likeness (QED) is 0.639. The molecule has 0 saturated carbocycles. The molecular formula is C15H19NO. The monoisotopic (exact) mass is 229 g/mol. The van der Waals surface area contributed by atoms with Crippen LogP contribution in [0, 0.1) is 11.8 Å². The minimum absolute atomic E-state index is 0.178. The Labute approximate surface area is 103 Å². The predicted molar refractivity (Wildman–Crippen MR) is 69.9 cm³/mol. The van der Waals surface area contributed by atoms with Crippen molar-refractivity contribution in [1.29, 1.82) is 0 Å². The molecule has 0 fully saturated rings. The van der Waals surface area contributed by atoms with Gasteiger partial charge in [0.15, 0.2) is 0 Å². The zero-order chi connectivity index (χ0) is 12.1. The first-order valence-corrected chi connectivity index (χ1v) is 6.22. The molecule has 2 heteroatoms. The van der Waals surface area contributed by atoms with Crippen LogP contribution in [-0.2, 0) is 6.42 Å². The molecule has 2 N–H and O–H groups in total. The zero-order valence-electron chi connectivity index (χ0n) is 10.3. The van der Waals surface area contributed by atoms with E-state index in [-0.39, 0.29) is 6.04 Å². The molecule has 1 aliphatic carbocycles. The van der Waals surface area contributed by atoms with Crippen LogP contribution in [0.1, 0.15) is 43.4 Å². The molecule has 0 amide bonds. The van der Waals surface area contributed by atoms with Crippen molar-refractivity contribution in [2.24, 2.45) is 5.73 Å². The molecule has 1 aliphatic rings. The SMILES string of the molecule is CC#CCCOc1ccc2c(c1)[C@H](N)CCC2. The summed E-state index contributed by atoms with van der Waals surface area (Å²) in [5.41, 5.74) is 8.75. The van der Waals surface area contributed by atoms with Crippen LogP contribution in [0.4, 0.5) is 0 Å². The van der Waals surface area contributed by atoms with Crippen LogP contribution in [0.5, 0.6) is 5.75 Å². The maximum absolute atomic E-state index is 6.11. The second-order valence-electron chi connectivity index (χ2n) is 4.38. The summed E-state index contributed by atoms with van der Waals surface area (Å²) in [6, 6.07) is 6.46. The number of hydrogen-bond acceptors (Lipinski definition) is 2. The molecule has 0 aromatic heterocycles. The van der Waals surface area contributed by atoms with Crippen LogP contribution in [-0.4, -0.2) is 6.61 Å². The average Bonchev–Trinajstić information content (AvgIpc) is 2.36. The van der Waals surface area contributed by atoms with E-state index in [0.717, 1.165) is 25.0 Å². The second kappa shape index (κ2) is 5.75. The summed E-state index contributed by atoms with van der Waals surface area (Å²) in [7, 11) is 0. The highest BCUT2D eigenvalue weighted by atomic mass is 16.5. The van der Waals surface area contributed by atoms with Crippen LogP contribution in [0.3, 0.4) is 0 Å². The van der Waals surface area contributed by atoms with Gasteiger partial charge in [0.05, 0.1) is 6.61 Å². The molecule has 17 heavy (non-hydrogen) atoms. The fourth-order valence-electron chi connectivity index (χ4n) is 2.25. The highest BCUT2D eigenvalue weighted by molar-refractivity contribution is 5.39. The van der Waals surface area contributed by atoms with E-state index in [1.807, 2.05) is 13.0 Å². The summed E-state index contributed by atoms with van der Waals surface area (Å²) in [5.74, 6) is 6.77. The Bertz CT molecular complexity index is 442. The molecule has 0 bridgehead atoms. The van der Waals surface area contributed by atoms with Crippen molar-refractivity contribution in [3.8, 4) is 17.6 Å². The molecule has 90 valence electrons. The van der Waals surface area contributed by atoms with Crippen LogP contribution >= 0.6 is 0 Å². The zero-order valence-corrected chi connectivity index (χ0v) is 10.3. The highest BCUT2D eigenvalue weighted by Gasteiger charge is 2.16. The van der Waals surface area contributed by atoms with Gasteiger partial charge in [-0.25, -0.2) is 0 Å². The van der Waals surface area contributed by atoms with Crippen molar-refractivity contribution >= 4 is 0 Å². The van der Waals surface area contributed by atoms with E-state index >= 15 is 0 Å². The summed E-state index contributed by atoms with van der Waals surface area (Å²) < 4.78 is 5.66. The Kier molecular flexibility index (Phi) is 4.06. The number of benzene rings is 1. The molecule has 0 unspecified atom stereocenters. The van der Waals surface area contributed by atoms with Crippen molar-refractivity contribution < 1.29 is 4.74 Å². The van der Waals surface area contributed by atoms with Gasteiger partial charge in [0.1, 0.15) is 5.75 Å². The maximum Gasteiger partial charge on any atom is 0.119 e. The number of nitrogens with two attached hydrogens (primary N) is 1. The highest BCUT2D eigenvalue weighted by Crippen LogP contribution is 2.30. The van der Waals surface area contributed by atoms with E-state index in [9.17, 15) is 0 Å². The van der Waals surface area contributed by atoms with Crippen LogP contribution in [0.2, 0.25) is 0 Å². The van der Waals surface area contributed by atoms with Gasteiger partial charge >= 0.3 is 0 Å². The molecule has 0 aliphatic heterocycles. The first-order valence-electron chi connectivity index (χ1n) is 6.22. The molecule has 1 aromatic carbocycles. The van der Waals surface area contributed by atoms with Gasteiger partial charge in [-0.05, 0) is 49.4 Å². The number of fused-ring (bicyclic) bond motifs is 1. The molecule has 1 aromatic rings. The van der Waals surface area contributed by atoms with Gasteiger partial charge in [0.25, 0.3) is 0 Å². The lowest BCUT2D eigenvalue weighted by Gasteiger charge is -2.22. The minimum Gasteiger partial charge on any atom is -0.493 e. The predicted octanol–water partition coefficient (Wildman–Crippen LogP) is 2.81. The molecule has 2 nitrogen and oxygen atoms in total. The number of aryl methyl sites for hydroxylation is 1. The maximum atomic E-state index is 6.11. The standard InChI is InChI=1S/C15H19NO/c1-2-3-4-10-17-13-9-8-12-6-5-7-15(16)14(12)11-13/h8-9,11,15H,4-7,10,16H2,1H3/t15-/m1/s1. The lowest BCUT2D eigenvalue weighted by atomic mass is 9.88. The van der Waals surface area contributed by atoms with Crippen LogP contribution < -0.4 is 10.5 Å². The largest absolute Gasteiger partial charge is 0.493 e. The first kappa shape index (κ1) is 12.0.